The lowest BCUT2D eigenvalue weighted by Gasteiger charge is -2.38. The number of fused-ring (bicyclic) bond motifs is 2. The molecule has 2 heterocycles. The molecule has 1 atom stereocenters. The highest BCUT2D eigenvalue weighted by molar-refractivity contribution is 6.02. The van der Waals surface area contributed by atoms with E-state index in [1.807, 2.05) is 47.4 Å². The maximum atomic E-state index is 13.0. The van der Waals surface area contributed by atoms with Crippen LogP contribution in [-0.4, -0.2) is 30.1 Å². The molecule has 24 heavy (non-hydrogen) atoms. The summed E-state index contributed by atoms with van der Waals surface area (Å²) in [4.78, 5) is 15.0. The first-order valence-electron chi connectivity index (χ1n) is 8.39. The summed E-state index contributed by atoms with van der Waals surface area (Å²) in [7, 11) is 0. The van der Waals surface area contributed by atoms with Gasteiger partial charge in [-0.05, 0) is 42.7 Å². The molecule has 5 heteroatoms. The van der Waals surface area contributed by atoms with Crippen LogP contribution in [0.1, 0.15) is 34.9 Å². The van der Waals surface area contributed by atoms with Crippen LogP contribution in [-0.2, 0) is 0 Å². The summed E-state index contributed by atoms with van der Waals surface area (Å²) in [6.07, 6.45) is 1.96. The molecule has 1 aliphatic carbocycles. The summed E-state index contributed by atoms with van der Waals surface area (Å²) in [5, 5.41) is 3.53. The second-order valence-electron chi connectivity index (χ2n) is 6.44. The van der Waals surface area contributed by atoms with Gasteiger partial charge in [-0.1, -0.05) is 18.2 Å². The first-order valence-corrected chi connectivity index (χ1v) is 8.39. The van der Waals surface area contributed by atoms with Crippen molar-refractivity contribution in [3.63, 3.8) is 0 Å². The lowest BCUT2D eigenvalue weighted by molar-refractivity contribution is 0.0666. The van der Waals surface area contributed by atoms with Crippen LogP contribution in [0.15, 0.2) is 42.5 Å². The molecule has 0 spiro atoms. The Morgan fingerprint density at radius 3 is 2.62 bits per heavy atom. The number of anilines is 1. The zero-order chi connectivity index (χ0) is 16.1. The zero-order valence-corrected chi connectivity index (χ0v) is 13.2. The lowest BCUT2D eigenvalue weighted by Crippen LogP contribution is -2.44. The second-order valence-corrected chi connectivity index (χ2v) is 6.44. The topological polar surface area (TPSA) is 50.8 Å². The van der Waals surface area contributed by atoms with Crippen molar-refractivity contribution in [1.82, 2.24) is 4.90 Å². The minimum atomic E-state index is -0.171. The van der Waals surface area contributed by atoms with Gasteiger partial charge in [0, 0.05) is 11.7 Å². The Hall–Kier alpha value is -2.69. The fraction of sp³-hybridized carbons (Fsp3) is 0.316. The van der Waals surface area contributed by atoms with Crippen LogP contribution in [0.2, 0.25) is 0 Å². The van der Waals surface area contributed by atoms with E-state index in [1.165, 1.54) is 0 Å². The van der Waals surface area contributed by atoms with Gasteiger partial charge < -0.3 is 19.7 Å². The molecule has 1 N–H and O–H groups in total. The number of nitrogens with one attached hydrogen (secondary N) is 1. The van der Waals surface area contributed by atoms with E-state index in [4.69, 9.17) is 9.47 Å². The molecule has 0 aromatic heterocycles. The van der Waals surface area contributed by atoms with E-state index >= 15 is 0 Å². The Kier molecular flexibility index (Phi) is 2.95. The van der Waals surface area contributed by atoms with Gasteiger partial charge >= 0.3 is 0 Å². The molecule has 2 aliphatic heterocycles. The summed E-state index contributed by atoms with van der Waals surface area (Å²) in [5.74, 6) is 1.62. The van der Waals surface area contributed by atoms with E-state index in [1.54, 1.807) is 0 Å². The first-order chi connectivity index (χ1) is 11.8. The molecule has 1 fully saturated rings. The highest BCUT2D eigenvalue weighted by Crippen LogP contribution is 2.42. The number of carbonyl (C=O) groups excluding carboxylic acids is 1. The number of hydrogen-bond donors (Lipinski definition) is 1. The molecular formula is C19H18N2O3. The van der Waals surface area contributed by atoms with Crippen molar-refractivity contribution in [3.05, 3.63) is 53.6 Å². The number of ether oxygens (including phenoxy) is 2. The Morgan fingerprint density at radius 1 is 1.00 bits per heavy atom. The quantitative estimate of drug-likeness (QED) is 0.922. The van der Waals surface area contributed by atoms with E-state index in [-0.39, 0.29) is 12.1 Å². The van der Waals surface area contributed by atoms with Gasteiger partial charge in [0.2, 0.25) is 0 Å². The first kappa shape index (κ1) is 13.7. The maximum Gasteiger partial charge on any atom is 0.258 e. The third kappa shape index (κ3) is 2.12. The van der Waals surface area contributed by atoms with Crippen LogP contribution >= 0.6 is 0 Å². The van der Waals surface area contributed by atoms with E-state index < -0.39 is 0 Å². The number of benzene rings is 2. The number of amides is 1. The summed E-state index contributed by atoms with van der Waals surface area (Å²) in [5.41, 5.74) is 2.66. The Labute approximate surface area is 140 Å². The molecule has 1 unspecified atom stereocenters. The maximum absolute atomic E-state index is 13.0. The fourth-order valence-electron chi connectivity index (χ4n) is 3.47. The van der Waals surface area contributed by atoms with Crippen molar-refractivity contribution >= 4 is 11.6 Å². The van der Waals surface area contributed by atoms with Crippen molar-refractivity contribution < 1.29 is 14.3 Å². The van der Waals surface area contributed by atoms with Crippen LogP contribution in [0.5, 0.6) is 11.5 Å². The van der Waals surface area contributed by atoms with Gasteiger partial charge in [-0.3, -0.25) is 4.79 Å². The molecular weight excluding hydrogens is 304 g/mol. The highest BCUT2D eigenvalue weighted by atomic mass is 16.6. The summed E-state index contributed by atoms with van der Waals surface area (Å²) in [6, 6.07) is 14.0. The largest absolute Gasteiger partial charge is 0.486 e. The van der Waals surface area contributed by atoms with Gasteiger partial charge in [-0.15, -0.1) is 0 Å². The minimum absolute atomic E-state index is 0.103. The molecule has 5 nitrogen and oxygen atoms in total. The van der Waals surface area contributed by atoms with Crippen molar-refractivity contribution in [3.8, 4) is 11.5 Å². The third-order valence-corrected chi connectivity index (χ3v) is 4.78. The van der Waals surface area contributed by atoms with Crippen LogP contribution in [0, 0.1) is 0 Å². The molecule has 3 aliphatic rings. The Balaban J connectivity index is 1.57. The van der Waals surface area contributed by atoms with Crippen LogP contribution < -0.4 is 14.8 Å². The van der Waals surface area contributed by atoms with Gasteiger partial charge in [0.25, 0.3) is 5.91 Å². The standard InChI is InChI=1S/C19H18N2O3/c22-19-14-3-1-2-4-15(14)20-18(21(19)13-6-7-13)12-5-8-16-17(11-12)24-10-9-23-16/h1-5,8,11,13,18,20H,6-7,9-10H2. The van der Waals surface area contributed by atoms with Crippen LogP contribution in [0.3, 0.4) is 0 Å². The Bertz CT molecular complexity index is 816. The van der Waals surface area contributed by atoms with Crippen molar-refractivity contribution in [1.29, 1.82) is 0 Å². The molecule has 1 saturated carbocycles. The van der Waals surface area contributed by atoms with Crippen molar-refractivity contribution in [2.75, 3.05) is 18.5 Å². The summed E-state index contributed by atoms with van der Waals surface area (Å²) >= 11 is 0. The number of rotatable bonds is 2. The van der Waals surface area contributed by atoms with E-state index in [0.29, 0.717) is 19.3 Å². The fourth-order valence-corrected chi connectivity index (χ4v) is 3.47. The monoisotopic (exact) mass is 322 g/mol. The second kappa shape index (κ2) is 5.16. The molecule has 2 aromatic carbocycles. The summed E-state index contributed by atoms with van der Waals surface area (Å²) < 4.78 is 11.3. The van der Waals surface area contributed by atoms with Gasteiger partial charge in [0.1, 0.15) is 19.4 Å². The molecule has 0 saturated heterocycles. The number of nitrogens with zero attached hydrogens (tertiary/aromatic N) is 1. The van der Waals surface area contributed by atoms with Crippen molar-refractivity contribution in [2.45, 2.75) is 25.0 Å². The zero-order valence-electron chi connectivity index (χ0n) is 13.2. The van der Waals surface area contributed by atoms with Crippen molar-refractivity contribution in [2.24, 2.45) is 0 Å². The van der Waals surface area contributed by atoms with E-state index in [0.717, 1.165) is 41.2 Å². The SMILES string of the molecule is O=C1c2ccccc2NC(c2ccc3c(c2)OCCO3)N1C1CC1. The normalized spacial score (nSPS) is 21.9. The number of hydrogen-bond acceptors (Lipinski definition) is 4. The lowest BCUT2D eigenvalue weighted by atomic mass is 10.0. The Morgan fingerprint density at radius 2 is 1.79 bits per heavy atom. The van der Waals surface area contributed by atoms with Gasteiger partial charge in [0.15, 0.2) is 11.5 Å². The van der Waals surface area contributed by atoms with Gasteiger partial charge in [0.05, 0.1) is 5.56 Å². The minimum Gasteiger partial charge on any atom is -0.486 e. The van der Waals surface area contributed by atoms with Crippen LogP contribution in [0.25, 0.3) is 0 Å². The van der Waals surface area contributed by atoms with E-state index in [2.05, 4.69) is 5.32 Å². The van der Waals surface area contributed by atoms with E-state index in [9.17, 15) is 4.79 Å². The molecule has 0 bridgehead atoms. The highest BCUT2D eigenvalue weighted by Gasteiger charge is 2.42. The average Bonchev–Trinajstić information content (AvgIpc) is 3.46. The predicted molar refractivity (Wildman–Crippen MR) is 89.4 cm³/mol. The molecule has 1 amide bonds. The smallest absolute Gasteiger partial charge is 0.258 e. The van der Waals surface area contributed by atoms with Gasteiger partial charge in [-0.25, -0.2) is 0 Å². The average molecular weight is 322 g/mol. The summed E-state index contributed by atoms with van der Waals surface area (Å²) in [6.45, 7) is 1.14. The molecule has 5 rings (SSSR count). The number of para-hydroxylation sites is 1. The predicted octanol–water partition coefficient (Wildman–Crippen LogP) is 3.19. The van der Waals surface area contributed by atoms with Gasteiger partial charge in [-0.2, -0.15) is 0 Å². The third-order valence-electron chi connectivity index (χ3n) is 4.78. The molecule has 2 aromatic rings. The van der Waals surface area contributed by atoms with Crippen LogP contribution in [0.4, 0.5) is 5.69 Å². The molecule has 0 radical (unpaired) electrons. The molecule has 122 valence electrons. The number of carbonyl (C=O) groups is 1.